The van der Waals surface area contributed by atoms with Crippen molar-refractivity contribution in [2.75, 3.05) is 13.6 Å². The first-order valence-electron chi connectivity index (χ1n) is 4.76. The summed E-state index contributed by atoms with van der Waals surface area (Å²) in [5.74, 6) is -0.860. The molecule has 16 heavy (non-hydrogen) atoms. The molecule has 0 bridgehead atoms. The molecule has 0 saturated heterocycles. The zero-order valence-corrected chi connectivity index (χ0v) is 10.8. The Labute approximate surface area is 103 Å². The van der Waals surface area contributed by atoms with Crippen LogP contribution in [0.5, 0.6) is 0 Å². The lowest BCUT2D eigenvalue weighted by Crippen LogP contribution is -2.28. The van der Waals surface area contributed by atoms with E-state index in [0.717, 1.165) is 5.57 Å². The van der Waals surface area contributed by atoms with Crippen molar-refractivity contribution in [1.29, 1.82) is 0 Å². The molecule has 0 fully saturated rings. The highest BCUT2D eigenvalue weighted by molar-refractivity contribution is 9.10. The molecule has 1 aromatic rings. The minimum Gasteiger partial charge on any atom is -0.338 e. The molecule has 0 atom stereocenters. The quantitative estimate of drug-likeness (QED) is 0.781. The Hall–Kier alpha value is -1.16. The number of carbonyl (C=O) groups excluding carboxylic acids is 1. The van der Waals surface area contributed by atoms with E-state index >= 15 is 0 Å². The lowest BCUT2D eigenvalue weighted by Gasteiger charge is -2.17. The molecule has 1 amide bonds. The van der Waals surface area contributed by atoms with Gasteiger partial charge in [0.25, 0.3) is 5.91 Å². The molecule has 0 aliphatic rings. The lowest BCUT2D eigenvalue weighted by molar-refractivity contribution is 0.0802. The molecule has 1 aromatic carbocycles. The van der Waals surface area contributed by atoms with Crippen LogP contribution < -0.4 is 0 Å². The second-order valence-electron chi connectivity index (χ2n) is 3.74. The van der Waals surface area contributed by atoms with E-state index in [1.165, 1.54) is 17.0 Å². The predicted molar refractivity (Wildman–Crippen MR) is 65.9 cm³/mol. The van der Waals surface area contributed by atoms with Crippen LogP contribution in [0.15, 0.2) is 34.8 Å². The van der Waals surface area contributed by atoms with Crippen molar-refractivity contribution in [3.8, 4) is 0 Å². The van der Waals surface area contributed by atoms with E-state index < -0.39 is 5.82 Å². The van der Waals surface area contributed by atoms with E-state index in [4.69, 9.17) is 0 Å². The normalized spacial score (nSPS) is 10.0. The van der Waals surface area contributed by atoms with Crippen molar-refractivity contribution < 1.29 is 9.18 Å². The minimum absolute atomic E-state index is 0.0759. The fourth-order valence-corrected chi connectivity index (χ4v) is 1.68. The molecule has 0 aromatic heterocycles. The smallest absolute Gasteiger partial charge is 0.256 e. The molecular weight excluding hydrogens is 273 g/mol. The average molecular weight is 286 g/mol. The number of nitrogens with zero attached hydrogens (tertiary/aromatic N) is 1. The third-order valence-corrected chi connectivity index (χ3v) is 2.51. The number of rotatable bonds is 3. The van der Waals surface area contributed by atoms with Crippen LogP contribution in [0.1, 0.15) is 17.3 Å². The number of amides is 1. The summed E-state index contributed by atoms with van der Waals surface area (Å²) in [5, 5.41) is 0. The van der Waals surface area contributed by atoms with E-state index in [1.54, 1.807) is 13.1 Å². The van der Waals surface area contributed by atoms with Gasteiger partial charge in [0, 0.05) is 18.1 Å². The van der Waals surface area contributed by atoms with Gasteiger partial charge in [-0.1, -0.05) is 28.1 Å². The van der Waals surface area contributed by atoms with Crippen molar-refractivity contribution in [3.63, 3.8) is 0 Å². The van der Waals surface area contributed by atoms with Crippen LogP contribution in [0.3, 0.4) is 0 Å². The molecule has 0 unspecified atom stereocenters. The minimum atomic E-state index is -0.520. The monoisotopic (exact) mass is 285 g/mol. The van der Waals surface area contributed by atoms with Crippen molar-refractivity contribution in [1.82, 2.24) is 4.90 Å². The van der Waals surface area contributed by atoms with Gasteiger partial charge in [-0.05, 0) is 25.1 Å². The zero-order chi connectivity index (χ0) is 12.3. The number of halogens is 2. The second-order valence-corrected chi connectivity index (χ2v) is 4.66. The number of benzene rings is 1. The summed E-state index contributed by atoms with van der Waals surface area (Å²) in [6.07, 6.45) is 0. The van der Waals surface area contributed by atoms with Crippen molar-refractivity contribution in [2.45, 2.75) is 6.92 Å². The summed E-state index contributed by atoms with van der Waals surface area (Å²) < 4.78 is 14.1. The van der Waals surface area contributed by atoms with Crippen LogP contribution in [0.25, 0.3) is 0 Å². The van der Waals surface area contributed by atoms with Gasteiger partial charge in [-0.15, -0.1) is 0 Å². The van der Waals surface area contributed by atoms with Crippen LogP contribution in [-0.4, -0.2) is 24.4 Å². The number of likely N-dealkylation sites (N-methyl/N-ethyl adjacent to an activating group) is 1. The highest BCUT2D eigenvalue weighted by Gasteiger charge is 2.15. The Balaban J connectivity index is 2.92. The Morgan fingerprint density at radius 3 is 2.69 bits per heavy atom. The molecule has 0 aliphatic carbocycles. The van der Waals surface area contributed by atoms with Gasteiger partial charge < -0.3 is 4.90 Å². The van der Waals surface area contributed by atoms with Gasteiger partial charge in [-0.3, -0.25) is 4.79 Å². The van der Waals surface area contributed by atoms with Gasteiger partial charge in [-0.25, -0.2) is 4.39 Å². The summed E-state index contributed by atoms with van der Waals surface area (Å²) in [7, 11) is 1.62. The maximum absolute atomic E-state index is 13.5. The van der Waals surface area contributed by atoms with E-state index in [9.17, 15) is 9.18 Å². The van der Waals surface area contributed by atoms with Crippen LogP contribution >= 0.6 is 15.9 Å². The average Bonchev–Trinajstić information content (AvgIpc) is 2.15. The van der Waals surface area contributed by atoms with E-state index in [-0.39, 0.29) is 11.5 Å². The van der Waals surface area contributed by atoms with Gasteiger partial charge in [0.05, 0.1) is 5.56 Å². The summed E-state index contributed by atoms with van der Waals surface area (Å²) in [5.41, 5.74) is 0.931. The third-order valence-electron chi connectivity index (χ3n) is 2.02. The SMILES string of the molecule is C=C(C)CN(C)C(=O)c1ccc(Br)cc1F. The van der Waals surface area contributed by atoms with Gasteiger partial charge >= 0.3 is 0 Å². The Bertz CT molecular complexity index is 431. The molecule has 0 N–H and O–H groups in total. The number of hydrogen-bond donors (Lipinski definition) is 0. The topological polar surface area (TPSA) is 20.3 Å². The van der Waals surface area contributed by atoms with Gasteiger partial charge in [0.15, 0.2) is 0 Å². The van der Waals surface area contributed by atoms with Gasteiger partial charge in [0.2, 0.25) is 0 Å². The van der Waals surface area contributed by atoms with E-state index in [1.807, 2.05) is 6.92 Å². The molecule has 0 aliphatic heterocycles. The zero-order valence-electron chi connectivity index (χ0n) is 9.26. The number of carbonyl (C=O) groups is 1. The first-order chi connectivity index (χ1) is 7.41. The standard InChI is InChI=1S/C12H13BrFNO/c1-8(2)7-15(3)12(16)10-5-4-9(13)6-11(10)14/h4-6H,1,7H2,2-3H3. The molecule has 4 heteroatoms. The maximum Gasteiger partial charge on any atom is 0.256 e. The summed E-state index contributed by atoms with van der Waals surface area (Å²) in [6, 6.07) is 4.39. The Morgan fingerprint density at radius 2 is 2.19 bits per heavy atom. The molecule has 0 saturated carbocycles. The first-order valence-corrected chi connectivity index (χ1v) is 5.56. The van der Waals surface area contributed by atoms with Crippen molar-refractivity contribution >= 4 is 21.8 Å². The number of hydrogen-bond acceptors (Lipinski definition) is 1. The fraction of sp³-hybridized carbons (Fsp3) is 0.250. The van der Waals surface area contributed by atoms with Crippen LogP contribution in [0.2, 0.25) is 0 Å². The molecule has 1 rings (SSSR count). The predicted octanol–water partition coefficient (Wildman–Crippen LogP) is 3.24. The highest BCUT2D eigenvalue weighted by atomic mass is 79.9. The van der Waals surface area contributed by atoms with Gasteiger partial charge in [0.1, 0.15) is 5.82 Å². The molecule has 0 radical (unpaired) electrons. The van der Waals surface area contributed by atoms with Crippen molar-refractivity contribution in [2.24, 2.45) is 0 Å². The summed E-state index contributed by atoms with van der Waals surface area (Å²) in [6.45, 7) is 5.96. The van der Waals surface area contributed by atoms with Crippen molar-refractivity contribution in [3.05, 3.63) is 46.2 Å². The van der Waals surface area contributed by atoms with Crippen LogP contribution in [0, 0.1) is 5.82 Å². The molecule has 0 spiro atoms. The first kappa shape index (κ1) is 12.9. The highest BCUT2D eigenvalue weighted by Crippen LogP contribution is 2.16. The maximum atomic E-state index is 13.5. The molecule has 0 heterocycles. The van der Waals surface area contributed by atoms with E-state index in [2.05, 4.69) is 22.5 Å². The summed E-state index contributed by atoms with van der Waals surface area (Å²) >= 11 is 3.14. The van der Waals surface area contributed by atoms with Gasteiger partial charge in [-0.2, -0.15) is 0 Å². The third kappa shape index (κ3) is 3.17. The Kier molecular flexibility index (Phi) is 4.24. The van der Waals surface area contributed by atoms with Crippen LogP contribution in [-0.2, 0) is 0 Å². The Morgan fingerprint density at radius 1 is 1.56 bits per heavy atom. The van der Waals surface area contributed by atoms with E-state index in [0.29, 0.717) is 11.0 Å². The van der Waals surface area contributed by atoms with Crippen LogP contribution in [0.4, 0.5) is 4.39 Å². The molecule has 2 nitrogen and oxygen atoms in total. The second kappa shape index (κ2) is 5.25. The fourth-order valence-electron chi connectivity index (χ4n) is 1.35. The molecular formula is C12H13BrFNO. The molecule has 86 valence electrons. The largest absolute Gasteiger partial charge is 0.338 e. The summed E-state index contributed by atoms with van der Waals surface area (Å²) in [4.78, 5) is 13.3. The lowest BCUT2D eigenvalue weighted by atomic mass is 10.2.